The van der Waals surface area contributed by atoms with E-state index in [0.717, 1.165) is 23.7 Å². The summed E-state index contributed by atoms with van der Waals surface area (Å²) in [6, 6.07) is 7.16. The number of carbonyl (C=O) groups is 1. The van der Waals surface area contributed by atoms with Crippen LogP contribution < -0.4 is 10.6 Å². The Bertz CT molecular complexity index is 907. The molecule has 1 amide bonds. The molecule has 2 heterocycles. The highest BCUT2D eigenvalue weighted by atomic mass is 32.2. The van der Waals surface area contributed by atoms with Gasteiger partial charge in [0.05, 0.1) is 17.5 Å². The van der Waals surface area contributed by atoms with Gasteiger partial charge in [-0.25, -0.2) is 8.42 Å². The third-order valence-electron chi connectivity index (χ3n) is 5.33. The Hall–Kier alpha value is -1.80. The minimum Gasteiger partial charge on any atom is -0.352 e. The third kappa shape index (κ3) is 4.78. The molecule has 1 saturated heterocycles. The quantitative estimate of drug-likeness (QED) is 0.717. The first-order valence-electron chi connectivity index (χ1n) is 9.77. The molecule has 4 rings (SSSR count). The number of thioether (sulfide) groups is 1. The number of fused-ring (bicyclic) bond motifs is 1. The summed E-state index contributed by atoms with van der Waals surface area (Å²) in [7, 11) is -2.94. The fraction of sp³-hybridized carbons (Fsp3) is 0.500. The summed E-state index contributed by atoms with van der Waals surface area (Å²) in [5, 5.41) is 6.99. The van der Waals surface area contributed by atoms with Gasteiger partial charge in [0.1, 0.15) is 0 Å². The van der Waals surface area contributed by atoms with Crippen LogP contribution in [0.25, 0.3) is 0 Å². The highest BCUT2D eigenvalue weighted by Gasteiger charge is 2.42. The van der Waals surface area contributed by atoms with Crippen molar-refractivity contribution in [1.82, 2.24) is 5.32 Å². The normalized spacial score (nSPS) is 25.6. The van der Waals surface area contributed by atoms with Gasteiger partial charge in [0, 0.05) is 23.0 Å². The number of aliphatic imine (C=N–C) groups is 1. The monoisotopic (exact) mass is 419 g/mol. The predicted molar refractivity (Wildman–Crippen MR) is 115 cm³/mol. The fourth-order valence-corrected chi connectivity index (χ4v) is 7.49. The van der Waals surface area contributed by atoms with E-state index in [9.17, 15) is 13.2 Å². The zero-order valence-corrected chi connectivity index (χ0v) is 17.3. The first-order valence-corrected chi connectivity index (χ1v) is 12.5. The van der Waals surface area contributed by atoms with Gasteiger partial charge in [0.25, 0.3) is 5.91 Å². The highest BCUT2D eigenvalue weighted by Crippen LogP contribution is 2.34. The molecule has 1 fully saturated rings. The third-order valence-corrected chi connectivity index (χ3v) is 8.47. The Kier molecular flexibility index (Phi) is 5.78. The van der Waals surface area contributed by atoms with Gasteiger partial charge in [0.15, 0.2) is 15.0 Å². The maximum Gasteiger partial charge on any atom is 0.251 e. The number of hydrogen-bond donors (Lipinski definition) is 2. The van der Waals surface area contributed by atoms with Crippen LogP contribution in [0.15, 0.2) is 40.9 Å². The first-order chi connectivity index (χ1) is 13.5. The van der Waals surface area contributed by atoms with E-state index in [1.165, 1.54) is 36.6 Å². The molecule has 1 aromatic rings. The maximum absolute atomic E-state index is 12.3. The maximum atomic E-state index is 12.3. The lowest BCUT2D eigenvalue weighted by Crippen LogP contribution is -2.24. The number of nitrogens with zero attached hydrogens (tertiary/aromatic N) is 1. The molecule has 6 nitrogen and oxygen atoms in total. The van der Waals surface area contributed by atoms with Gasteiger partial charge >= 0.3 is 0 Å². The van der Waals surface area contributed by atoms with Crippen molar-refractivity contribution in [3.8, 4) is 0 Å². The van der Waals surface area contributed by atoms with E-state index in [1.54, 1.807) is 12.1 Å². The van der Waals surface area contributed by atoms with Crippen LogP contribution in [0.1, 0.15) is 42.5 Å². The zero-order chi connectivity index (χ0) is 19.6. The molecular weight excluding hydrogens is 394 g/mol. The summed E-state index contributed by atoms with van der Waals surface area (Å²) in [6.07, 6.45) is 8.10. The van der Waals surface area contributed by atoms with Crippen molar-refractivity contribution < 1.29 is 13.2 Å². The van der Waals surface area contributed by atoms with Crippen molar-refractivity contribution in [3.63, 3.8) is 0 Å². The van der Waals surface area contributed by atoms with Crippen LogP contribution in [0.3, 0.4) is 0 Å². The molecule has 2 aliphatic heterocycles. The molecule has 3 aliphatic rings. The van der Waals surface area contributed by atoms with E-state index in [1.807, 2.05) is 12.1 Å². The molecular formula is C20H25N3O3S2. The lowest BCUT2D eigenvalue weighted by Gasteiger charge is -2.13. The Morgan fingerprint density at radius 2 is 2.00 bits per heavy atom. The van der Waals surface area contributed by atoms with Crippen LogP contribution in [0.2, 0.25) is 0 Å². The van der Waals surface area contributed by atoms with E-state index in [-0.39, 0.29) is 28.7 Å². The molecule has 0 bridgehead atoms. The van der Waals surface area contributed by atoms with Gasteiger partial charge < -0.3 is 10.6 Å². The van der Waals surface area contributed by atoms with E-state index in [0.29, 0.717) is 12.1 Å². The number of rotatable bonds is 5. The van der Waals surface area contributed by atoms with Gasteiger partial charge in [-0.1, -0.05) is 23.4 Å². The Morgan fingerprint density at radius 3 is 2.71 bits per heavy atom. The summed E-state index contributed by atoms with van der Waals surface area (Å²) in [4.78, 5) is 16.8. The summed E-state index contributed by atoms with van der Waals surface area (Å²) < 4.78 is 23.3. The average molecular weight is 420 g/mol. The molecule has 28 heavy (non-hydrogen) atoms. The van der Waals surface area contributed by atoms with Gasteiger partial charge in [-0.15, -0.1) is 0 Å². The standard InChI is InChI=1S/C20H25N3O3S2/c24-19(21-11-10-14-4-2-1-3-5-14)15-6-8-16(9-7-15)22-20-23-17-12-28(25,26)13-18(17)27-20/h4,6-9,17-18H,1-3,5,10-13H2,(H,21,24)(H,22,23). The minimum atomic E-state index is -2.94. The SMILES string of the molecule is O=C(NCCC1=CCCCC1)c1ccc(NC2=NC3CS(=O)(=O)CC3S2)cc1. The smallest absolute Gasteiger partial charge is 0.251 e. The van der Waals surface area contributed by atoms with Gasteiger partial charge in [-0.05, 0) is 56.4 Å². The summed E-state index contributed by atoms with van der Waals surface area (Å²) in [5.74, 6) is 0.286. The van der Waals surface area contributed by atoms with Crippen molar-refractivity contribution in [1.29, 1.82) is 0 Å². The molecule has 1 aromatic carbocycles. The van der Waals surface area contributed by atoms with Crippen molar-refractivity contribution in [2.45, 2.75) is 43.4 Å². The summed E-state index contributed by atoms with van der Waals surface area (Å²) in [6.45, 7) is 0.670. The van der Waals surface area contributed by atoms with Gasteiger partial charge in [0.2, 0.25) is 0 Å². The van der Waals surface area contributed by atoms with E-state index >= 15 is 0 Å². The van der Waals surface area contributed by atoms with Crippen LogP contribution in [0.4, 0.5) is 5.69 Å². The van der Waals surface area contributed by atoms with E-state index in [4.69, 9.17) is 0 Å². The number of nitrogens with one attached hydrogen (secondary N) is 2. The number of benzene rings is 1. The molecule has 1 aliphatic carbocycles. The largest absolute Gasteiger partial charge is 0.352 e. The van der Waals surface area contributed by atoms with Crippen molar-refractivity contribution in [2.24, 2.45) is 4.99 Å². The van der Waals surface area contributed by atoms with Crippen molar-refractivity contribution in [3.05, 3.63) is 41.5 Å². The second-order valence-electron chi connectivity index (χ2n) is 7.55. The molecule has 2 unspecified atom stereocenters. The molecule has 2 N–H and O–H groups in total. The summed E-state index contributed by atoms with van der Waals surface area (Å²) >= 11 is 1.49. The Morgan fingerprint density at radius 1 is 1.18 bits per heavy atom. The molecule has 2 atom stereocenters. The van der Waals surface area contributed by atoms with Crippen LogP contribution in [0, 0.1) is 0 Å². The molecule has 8 heteroatoms. The molecule has 150 valence electrons. The van der Waals surface area contributed by atoms with E-state index < -0.39 is 9.84 Å². The Labute approximate surface area is 170 Å². The average Bonchev–Trinajstić information content (AvgIpc) is 3.15. The molecule has 0 spiro atoms. The number of amides is 1. The minimum absolute atomic E-state index is 0.0248. The van der Waals surface area contributed by atoms with Gasteiger partial charge in [-0.3, -0.25) is 9.79 Å². The second kappa shape index (κ2) is 8.29. The molecule has 0 saturated carbocycles. The number of amidine groups is 1. The second-order valence-corrected chi connectivity index (χ2v) is 10.9. The van der Waals surface area contributed by atoms with Crippen molar-refractivity contribution in [2.75, 3.05) is 23.4 Å². The van der Waals surface area contributed by atoms with Gasteiger partial charge in [-0.2, -0.15) is 0 Å². The lowest BCUT2D eigenvalue weighted by molar-refractivity contribution is 0.0954. The number of hydrogen-bond acceptors (Lipinski definition) is 6. The topological polar surface area (TPSA) is 87.6 Å². The highest BCUT2D eigenvalue weighted by molar-refractivity contribution is 8.15. The predicted octanol–water partition coefficient (Wildman–Crippen LogP) is 2.99. The molecule has 0 radical (unpaired) electrons. The number of allylic oxidation sites excluding steroid dienone is 1. The van der Waals surface area contributed by atoms with Crippen LogP contribution >= 0.6 is 11.8 Å². The lowest BCUT2D eigenvalue weighted by atomic mass is 9.97. The Balaban J connectivity index is 1.27. The zero-order valence-electron chi connectivity index (χ0n) is 15.7. The first kappa shape index (κ1) is 19.5. The fourth-order valence-electron chi connectivity index (χ4n) is 3.81. The van der Waals surface area contributed by atoms with Crippen LogP contribution in [0.5, 0.6) is 0 Å². The number of sulfone groups is 1. The van der Waals surface area contributed by atoms with Crippen LogP contribution in [-0.4, -0.2) is 48.8 Å². The number of anilines is 1. The number of carbonyl (C=O) groups excluding carboxylic acids is 1. The summed E-state index contributed by atoms with van der Waals surface area (Å²) in [5.41, 5.74) is 2.93. The molecule has 0 aromatic heterocycles. The van der Waals surface area contributed by atoms with E-state index in [2.05, 4.69) is 21.7 Å². The van der Waals surface area contributed by atoms with Crippen LogP contribution in [-0.2, 0) is 9.84 Å². The van der Waals surface area contributed by atoms with Crippen molar-refractivity contribution >= 4 is 38.4 Å².